The highest BCUT2D eigenvalue weighted by Gasteiger charge is 2.22. The summed E-state index contributed by atoms with van der Waals surface area (Å²) in [6.45, 7) is 0. The van der Waals surface area contributed by atoms with Crippen LogP contribution in [0, 0.1) is 0 Å². The van der Waals surface area contributed by atoms with Crippen LogP contribution in [0.5, 0.6) is 17.2 Å². The predicted molar refractivity (Wildman–Crippen MR) is 116 cm³/mol. The molecule has 8 heteroatoms. The Bertz CT molecular complexity index is 1200. The Morgan fingerprint density at radius 1 is 0.903 bits per heavy atom. The third kappa shape index (κ3) is 4.00. The van der Waals surface area contributed by atoms with Gasteiger partial charge in [-0.15, -0.1) is 5.10 Å². The minimum absolute atomic E-state index is 0.262. The van der Waals surface area contributed by atoms with Crippen LogP contribution in [0.2, 0.25) is 0 Å². The number of nitrogens with zero attached hydrogens (tertiary/aromatic N) is 3. The van der Waals surface area contributed by atoms with Crippen molar-refractivity contribution < 1.29 is 19.0 Å². The highest BCUT2D eigenvalue weighted by Crippen LogP contribution is 2.31. The number of carbonyl (C=O) groups is 1. The number of ether oxygens (including phenoxy) is 3. The van der Waals surface area contributed by atoms with E-state index in [1.165, 1.54) is 0 Å². The maximum absolute atomic E-state index is 13.1. The molecule has 0 spiro atoms. The smallest absolute Gasteiger partial charge is 0.253 e. The zero-order chi connectivity index (χ0) is 21.8. The minimum Gasteiger partial charge on any atom is -0.497 e. The molecular formula is C23H22N4O4. The van der Waals surface area contributed by atoms with Crippen molar-refractivity contribution in [2.45, 2.75) is 6.17 Å². The summed E-state index contributed by atoms with van der Waals surface area (Å²) in [5, 5.41) is 11.6. The van der Waals surface area contributed by atoms with Crippen LogP contribution >= 0.6 is 0 Å². The molecule has 4 rings (SSSR count). The summed E-state index contributed by atoms with van der Waals surface area (Å²) in [6.07, 6.45) is -0.623. The number of methoxy groups -OCH3 is 3. The van der Waals surface area contributed by atoms with Gasteiger partial charge in [-0.3, -0.25) is 4.79 Å². The second-order valence-electron chi connectivity index (χ2n) is 6.74. The van der Waals surface area contributed by atoms with E-state index in [0.29, 0.717) is 22.8 Å². The monoisotopic (exact) mass is 418 g/mol. The normalized spacial score (nSPS) is 11.7. The number of carbonyl (C=O) groups excluding carboxylic acids is 1. The SMILES string of the molecule is COc1ccc(C(=O)N[C@@H](c2ccc(OC)c(OC)c2)n2nnc3ccccc32)cc1. The first-order valence-electron chi connectivity index (χ1n) is 9.61. The molecular weight excluding hydrogens is 396 g/mol. The zero-order valence-electron chi connectivity index (χ0n) is 17.4. The van der Waals surface area contributed by atoms with Gasteiger partial charge in [-0.1, -0.05) is 23.4 Å². The molecule has 0 saturated heterocycles. The topological polar surface area (TPSA) is 87.5 Å². The van der Waals surface area contributed by atoms with Gasteiger partial charge in [0, 0.05) is 11.1 Å². The summed E-state index contributed by atoms with van der Waals surface area (Å²) in [6, 6.07) is 19.9. The van der Waals surface area contributed by atoms with Crippen molar-refractivity contribution in [2.24, 2.45) is 0 Å². The van der Waals surface area contributed by atoms with Crippen LogP contribution in [0.1, 0.15) is 22.1 Å². The molecule has 1 N–H and O–H groups in total. The fraction of sp³-hybridized carbons (Fsp3) is 0.174. The van der Waals surface area contributed by atoms with Gasteiger partial charge in [0.15, 0.2) is 17.7 Å². The molecule has 0 aliphatic heterocycles. The van der Waals surface area contributed by atoms with Gasteiger partial charge in [0.2, 0.25) is 0 Å². The number of amides is 1. The van der Waals surface area contributed by atoms with Gasteiger partial charge < -0.3 is 19.5 Å². The second kappa shape index (κ2) is 8.74. The molecule has 31 heavy (non-hydrogen) atoms. The maximum atomic E-state index is 13.1. The molecule has 0 aliphatic carbocycles. The van der Waals surface area contributed by atoms with E-state index in [2.05, 4.69) is 15.6 Å². The number of hydrogen-bond acceptors (Lipinski definition) is 6. The summed E-state index contributed by atoms with van der Waals surface area (Å²) in [5.41, 5.74) is 2.77. The molecule has 0 saturated carbocycles. The van der Waals surface area contributed by atoms with Crippen molar-refractivity contribution in [3.8, 4) is 17.2 Å². The van der Waals surface area contributed by atoms with Crippen LogP contribution in [0.15, 0.2) is 66.7 Å². The van der Waals surface area contributed by atoms with Gasteiger partial charge in [-0.05, 0) is 48.5 Å². The lowest BCUT2D eigenvalue weighted by Gasteiger charge is -2.21. The van der Waals surface area contributed by atoms with Crippen LogP contribution in [0.4, 0.5) is 0 Å². The number of rotatable bonds is 7. The first-order valence-corrected chi connectivity index (χ1v) is 9.61. The van der Waals surface area contributed by atoms with Gasteiger partial charge in [-0.2, -0.15) is 0 Å². The fourth-order valence-corrected chi connectivity index (χ4v) is 3.34. The average molecular weight is 418 g/mol. The number of aromatic nitrogens is 3. The van der Waals surface area contributed by atoms with E-state index < -0.39 is 6.17 Å². The van der Waals surface area contributed by atoms with Gasteiger partial charge in [0.1, 0.15) is 11.3 Å². The third-order valence-electron chi connectivity index (χ3n) is 4.97. The van der Waals surface area contributed by atoms with Crippen molar-refractivity contribution in [3.63, 3.8) is 0 Å². The van der Waals surface area contributed by atoms with E-state index >= 15 is 0 Å². The highest BCUT2D eigenvalue weighted by molar-refractivity contribution is 5.94. The predicted octanol–water partition coefficient (Wildman–Crippen LogP) is 3.43. The van der Waals surface area contributed by atoms with Gasteiger partial charge in [-0.25, -0.2) is 4.68 Å². The van der Waals surface area contributed by atoms with Crippen molar-refractivity contribution in [3.05, 3.63) is 77.9 Å². The quantitative estimate of drug-likeness (QED) is 0.495. The molecule has 8 nitrogen and oxygen atoms in total. The van der Waals surface area contributed by atoms with Crippen LogP contribution < -0.4 is 19.5 Å². The fourth-order valence-electron chi connectivity index (χ4n) is 3.34. The van der Waals surface area contributed by atoms with Crippen LogP contribution in [-0.4, -0.2) is 42.2 Å². The first-order chi connectivity index (χ1) is 15.1. The van der Waals surface area contributed by atoms with Gasteiger partial charge >= 0.3 is 0 Å². The van der Waals surface area contributed by atoms with E-state index in [-0.39, 0.29) is 5.91 Å². The lowest BCUT2D eigenvalue weighted by Crippen LogP contribution is -2.34. The Hall–Kier alpha value is -4.07. The molecule has 1 atom stereocenters. The molecule has 0 radical (unpaired) electrons. The Morgan fingerprint density at radius 3 is 2.35 bits per heavy atom. The van der Waals surface area contributed by atoms with Crippen molar-refractivity contribution >= 4 is 16.9 Å². The lowest BCUT2D eigenvalue weighted by atomic mass is 10.1. The second-order valence-corrected chi connectivity index (χ2v) is 6.74. The largest absolute Gasteiger partial charge is 0.497 e. The highest BCUT2D eigenvalue weighted by atomic mass is 16.5. The van der Waals surface area contributed by atoms with E-state index in [0.717, 1.165) is 16.6 Å². The third-order valence-corrected chi connectivity index (χ3v) is 4.97. The minimum atomic E-state index is -0.623. The van der Waals surface area contributed by atoms with Crippen molar-refractivity contribution in [1.29, 1.82) is 0 Å². The van der Waals surface area contributed by atoms with Crippen LogP contribution in [-0.2, 0) is 0 Å². The van der Waals surface area contributed by atoms with Crippen molar-refractivity contribution in [1.82, 2.24) is 20.3 Å². The number of nitrogens with one attached hydrogen (secondary N) is 1. The van der Waals surface area contributed by atoms with E-state index in [1.807, 2.05) is 36.4 Å². The zero-order valence-corrected chi connectivity index (χ0v) is 17.4. The molecule has 0 aliphatic rings. The molecule has 1 amide bonds. The van der Waals surface area contributed by atoms with Crippen LogP contribution in [0.3, 0.4) is 0 Å². The maximum Gasteiger partial charge on any atom is 0.253 e. The molecule has 1 aromatic heterocycles. The number of para-hydroxylation sites is 1. The Morgan fingerprint density at radius 2 is 1.65 bits per heavy atom. The first kappa shape index (κ1) is 20.2. The summed E-state index contributed by atoms with van der Waals surface area (Å²) >= 11 is 0. The van der Waals surface area contributed by atoms with Crippen LogP contribution in [0.25, 0.3) is 11.0 Å². The molecule has 3 aromatic carbocycles. The summed E-state index contributed by atoms with van der Waals surface area (Å²) in [5.74, 6) is 1.56. The van der Waals surface area contributed by atoms with Gasteiger partial charge in [0.05, 0.1) is 26.8 Å². The number of fused-ring (bicyclic) bond motifs is 1. The van der Waals surface area contributed by atoms with E-state index in [1.54, 1.807) is 56.3 Å². The summed E-state index contributed by atoms with van der Waals surface area (Å²) in [7, 11) is 4.72. The molecule has 4 aromatic rings. The summed E-state index contributed by atoms with van der Waals surface area (Å²) < 4.78 is 17.6. The Balaban J connectivity index is 1.76. The lowest BCUT2D eigenvalue weighted by molar-refractivity contribution is 0.0927. The molecule has 1 heterocycles. The molecule has 0 bridgehead atoms. The molecule has 0 unspecified atom stereocenters. The number of benzene rings is 3. The van der Waals surface area contributed by atoms with Gasteiger partial charge in [0.25, 0.3) is 5.91 Å². The molecule has 158 valence electrons. The van der Waals surface area contributed by atoms with E-state index in [9.17, 15) is 4.79 Å². The average Bonchev–Trinajstić information content (AvgIpc) is 3.26. The van der Waals surface area contributed by atoms with Crippen molar-refractivity contribution in [2.75, 3.05) is 21.3 Å². The Labute approximate surface area is 179 Å². The summed E-state index contributed by atoms with van der Waals surface area (Å²) in [4.78, 5) is 13.1. The Kier molecular flexibility index (Phi) is 5.70. The molecule has 0 fully saturated rings. The standard InChI is InChI=1S/C23H22N4O4/c1-29-17-11-8-15(9-12-17)23(28)24-22(16-10-13-20(30-2)21(14-16)31-3)27-19-7-5-4-6-18(19)25-26-27/h4-14,22H,1-3H3,(H,24,28)/t22-/m1/s1. The van der Waals surface area contributed by atoms with E-state index in [4.69, 9.17) is 14.2 Å². The number of hydrogen-bond donors (Lipinski definition) is 1.